The molecule has 0 unspecified atom stereocenters. The predicted octanol–water partition coefficient (Wildman–Crippen LogP) is 2.42. The molecule has 2 aromatic carbocycles. The molecule has 0 spiro atoms. The Bertz CT molecular complexity index is 1300. The largest absolute Gasteiger partial charge is 0.425 e. The van der Waals surface area contributed by atoms with Crippen LogP contribution in [-0.4, -0.2) is 15.5 Å². The lowest BCUT2D eigenvalue weighted by Crippen LogP contribution is -2.26. The summed E-state index contributed by atoms with van der Waals surface area (Å²) in [5.74, 6) is -0.411. The van der Waals surface area contributed by atoms with Crippen LogP contribution in [0.4, 0.5) is 0 Å². The highest BCUT2D eigenvalue weighted by Gasteiger charge is 2.11. The predicted molar refractivity (Wildman–Crippen MR) is 98.9 cm³/mol. The molecule has 27 heavy (non-hydrogen) atoms. The second-order valence-electron chi connectivity index (χ2n) is 6.08. The van der Waals surface area contributed by atoms with Gasteiger partial charge in [0.05, 0.1) is 17.2 Å². The fourth-order valence-corrected chi connectivity index (χ4v) is 2.89. The van der Waals surface area contributed by atoms with Crippen molar-refractivity contribution in [2.75, 3.05) is 0 Å². The number of aromatic nitrogens is 2. The molecule has 7 nitrogen and oxygen atoms in total. The number of aryl methyl sites for hydroxylation is 1. The summed E-state index contributed by atoms with van der Waals surface area (Å²) in [5, 5.41) is 1.18. The van der Waals surface area contributed by atoms with Crippen molar-refractivity contribution >= 4 is 27.8 Å². The van der Waals surface area contributed by atoms with Crippen LogP contribution < -0.4 is 15.9 Å². The van der Waals surface area contributed by atoms with E-state index in [1.165, 1.54) is 23.0 Å². The van der Waals surface area contributed by atoms with Crippen molar-refractivity contribution in [1.82, 2.24) is 9.55 Å². The lowest BCUT2D eigenvalue weighted by molar-refractivity contribution is -0.135. The summed E-state index contributed by atoms with van der Waals surface area (Å²) in [7, 11) is 0. The summed E-state index contributed by atoms with van der Waals surface area (Å²) in [6, 6.07) is 13.1. The molecule has 0 aliphatic carbocycles. The molecule has 4 rings (SSSR count). The zero-order valence-electron chi connectivity index (χ0n) is 14.3. The Balaban J connectivity index is 1.60. The highest BCUT2D eigenvalue weighted by molar-refractivity contribution is 5.82. The van der Waals surface area contributed by atoms with E-state index in [0.717, 1.165) is 10.9 Å². The van der Waals surface area contributed by atoms with Gasteiger partial charge in [0.2, 0.25) is 0 Å². The third-order valence-electron chi connectivity index (χ3n) is 4.19. The first-order valence-electron chi connectivity index (χ1n) is 8.20. The Morgan fingerprint density at radius 1 is 1.11 bits per heavy atom. The summed E-state index contributed by atoms with van der Waals surface area (Å²) in [5.41, 5.74) is 0.866. The maximum atomic E-state index is 12.4. The molecular formula is C20H14N2O5. The fourth-order valence-electron chi connectivity index (χ4n) is 2.89. The molecule has 0 bridgehead atoms. The maximum Gasteiger partial charge on any atom is 0.336 e. The summed E-state index contributed by atoms with van der Waals surface area (Å²) >= 11 is 0. The molecule has 0 radical (unpaired) electrons. The van der Waals surface area contributed by atoms with E-state index < -0.39 is 11.6 Å². The molecule has 2 aromatic heterocycles. The minimum atomic E-state index is -0.636. The van der Waals surface area contributed by atoms with Gasteiger partial charge in [0.15, 0.2) is 0 Å². The molecule has 0 aliphatic heterocycles. The third kappa shape index (κ3) is 3.22. The van der Waals surface area contributed by atoms with Crippen molar-refractivity contribution in [1.29, 1.82) is 0 Å². The Morgan fingerprint density at radius 2 is 1.93 bits per heavy atom. The van der Waals surface area contributed by atoms with Crippen molar-refractivity contribution in [3.8, 4) is 5.75 Å². The van der Waals surface area contributed by atoms with Gasteiger partial charge in [-0.15, -0.1) is 0 Å². The van der Waals surface area contributed by atoms with Gasteiger partial charge in [-0.3, -0.25) is 9.36 Å². The number of carbonyl (C=O) groups excluding carboxylic acids is 1. The topological polar surface area (TPSA) is 91.4 Å². The lowest BCUT2D eigenvalue weighted by Gasteiger charge is -2.08. The average molecular weight is 362 g/mol. The van der Waals surface area contributed by atoms with Crippen LogP contribution in [0.25, 0.3) is 21.9 Å². The molecule has 0 N–H and O–H groups in total. The summed E-state index contributed by atoms with van der Waals surface area (Å²) in [6.07, 6.45) is 1.31. The van der Waals surface area contributed by atoms with Gasteiger partial charge in [-0.1, -0.05) is 12.1 Å². The van der Waals surface area contributed by atoms with E-state index in [4.69, 9.17) is 9.15 Å². The third-order valence-corrected chi connectivity index (χ3v) is 4.19. The van der Waals surface area contributed by atoms with Gasteiger partial charge >= 0.3 is 11.6 Å². The number of nitrogens with zero attached hydrogens (tertiary/aromatic N) is 2. The SMILES string of the molecule is Cc1cc(=O)oc2cc(OC(=O)Cn3cnc4ccccc4c3=O)ccc12. The van der Waals surface area contributed by atoms with Crippen molar-refractivity contribution in [3.63, 3.8) is 0 Å². The molecule has 0 atom stereocenters. The van der Waals surface area contributed by atoms with E-state index in [2.05, 4.69) is 4.98 Å². The molecule has 0 saturated carbocycles. The van der Waals surface area contributed by atoms with Crippen molar-refractivity contribution in [2.24, 2.45) is 0 Å². The Morgan fingerprint density at radius 3 is 2.78 bits per heavy atom. The van der Waals surface area contributed by atoms with Crippen LogP contribution in [0.2, 0.25) is 0 Å². The van der Waals surface area contributed by atoms with E-state index >= 15 is 0 Å². The summed E-state index contributed by atoms with van der Waals surface area (Å²) in [6.45, 7) is 1.51. The highest BCUT2D eigenvalue weighted by atomic mass is 16.5. The van der Waals surface area contributed by atoms with Gasteiger partial charge in [0.1, 0.15) is 17.9 Å². The van der Waals surface area contributed by atoms with Crippen molar-refractivity contribution < 1.29 is 13.9 Å². The molecule has 2 heterocycles. The average Bonchev–Trinajstić information content (AvgIpc) is 2.64. The molecule has 4 aromatic rings. The van der Waals surface area contributed by atoms with E-state index in [1.807, 2.05) is 0 Å². The van der Waals surface area contributed by atoms with Crippen LogP contribution >= 0.6 is 0 Å². The van der Waals surface area contributed by atoms with Crippen LogP contribution in [0.15, 0.2) is 68.9 Å². The number of hydrogen-bond acceptors (Lipinski definition) is 6. The number of hydrogen-bond donors (Lipinski definition) is 0. The van der Waals surface area contributed by atoms with Crippen LogP contribution in [-0.2, 0) is 11.3 Å². The van der Waals surface area contributed by atoms with Gasteiger partial charge in [0.25, 0.3) is 5.56 Å². The van der Waals surface area contributed by atoms with E-state index in [0.29, 0.717) is 16.5 Å². The Labute approximate surface area is 152 Å². The van der Waals surface area contributed by atoms with E-state index in [1.54, 1.807) is 43.3 Å². The minimum absolute atomic E-state index is 0.225. The molecule has 0 aliphatic rings. The van der Waals surface area contributed by atoms with Gasteiger partial charge in [-0.05, 0) is 36.8 Å². The molecular weight excluding hydrogens is 348 g/mol. The normalized spacial score (nSPS) is 11.0. The lowest BCUT2D eigenvalue weighted by atomic mass is 10.1. The zero-order chi connectivity index (χ0) is 19.0. The molecule has 0 fully saturated rings. The van der Waals surface area contributed by atoms with Gasteiger partial charge in [-0.2, -0.15) is 0 Å². The smallest absolute Gasteiger partial charge is 0.336 e. The summed E-state index contributed by atoms with van der Waals surface area (Å²) in [4.78, 5) is 40.3. The van der Waals surface area contributed by atoms with E-state index in [-0.39, 0.29) is 17.9 Å². The maximum absolute atomic E-state index is 12.4. The van der Waals surface area contributed by atoms with Crippen LogP contribution in [0.5, 0.6) is 5.75 Å². The number of fused-ring (bicyclic) bond motifs is 2. The number of ether oxygens (including phenoxy) is 1. The highest BCUT2D eigenvalue weighted by Crippen LogP contribution is 2.22. The standard InChI is InChI=1S/C20H14N2O5/c1-12-8-18(23)27-17-9-13(6-7-14(12)17)26-19(24)10-22-11-21-16-5-3-2-4-15(16)20(22)25/h2-9,11H,10H2,1H3. The monoisotopic (exact) mass is 362 g/mol. The number of para-hydroxylation sites is 1. The first kappa shape index (κ1) is 16.7. The van der Waals surface area contributed by atoms with Crippen LogP contribution in [0, 0.1) is 6.92 Å². The molecule has 7 heteroatoms. The Kier molecular flexibility index (Phi) is 4.04. The van der Waals surface area contributed by atoms with E-state index in [9.17, 15) is 14.4 Å². The van der Waals surface area contributed by atoms with Gasteiger partial charge < -0.3 is 9.15 Å². The molecule has 0 saturated heterocycles. The van der Waals surface area contributed by atoms with Crippen LogP contribution in [0.1, 0.15) is 5.56 Å². The zero-order valence-corrected chi connectivity index (χ0v) is 14.3. The van der Waals surface area contributed by atoms with Crippen molar-refractivity contribution in [3.05, 3.63) is 81.2 Å². The quantitative estimate of drug-likeness (QED) is 0.316. The first-order chi connectivity index (χ1) is 13.0. The number of esters is 1. The summed E-state index contributed by atoms with van der Waals surface area (Å²) < 4.78 is 11.6. The van der Waals surface area contributed by atoms with Crippen molar-refractivity contribution in [2.45, 2.75) is 13.5 Å². The number of benzene rings is 2. The molecule has 134 valence electrons. The minimum Gasteiger partial charge on any atom is -0.425 e. The second-order valence-corrected chi connectivity index (χ2v) is 6.08. The fraction of sp³-hybridized carbons (Fsp3) is 0.100. The molecule has 0 amide bonds. The van der Waals surface area contributed by atoms with Gasteiger partial charge in [-0.25, -0.2) is 14.6 Å². The second kappa shape index (κ2) is 6.53. The van der Waals surface area contributed by atoms with Crippen LogP contribution in [0.3, 0.4) is 0 Å². The number of rotatable bonds is 3. The number of carbonyl (C=O) groups is 1. The Hall–Kier alpha value is -3.74. The first-order valence-corrected chi connectivity index (χ1v) is 8.20. The van der Waals surface area contributed by atoms with Gasteiger partial charge in [0, 0.05) is 17.5 Å².